The van der Waals surface area contributed by atoms with Crippen LogP contribution in [-0.2, 0) is 4.79 Å². The summed E-state index contributed by atoms with van der Waals surface area (Å²) in [6.07, 6.45) is 5.94. The monoisotopic (exact) mass is 240 g/mol. The Bertz CT molecular complexity index is 234. The van der Waals surface area contributed by atoms with Crippen molar-refractivity contribution < 1.29 is 4.79 Å². The second-order valence-corrected chi connectivity index (χ2v) is 5.91. The molecule has 1 aliphatic rings. The zero-order valence-corrected chi connectivity index (χ0v) is 11.8. The first-order valence-electron chi connectivity index (χ1n) is 7.05. The highest BCUT2D eigenvalue weighted by molar-refractivity contribution is 5.81. The van der Waals surface area contributed by atoms with Gasteiger partial charge in [-0.25, -0.2) is 0 Å². The average Bonchev–Trinajstić information content (AvgIpc) is 2.68. The molecule has 0 aromatic rings. The van der Waals surface area contributed by atoms with Crippen molar-refractivity contribution in [3.63, 3.8) is 0 Å². The van der Waals surface area contributed by atoms with E-state index in [2.05, 4.69) is 31.4 Å². The third-order valence-electron chi connectivity index (χ3n) is 3.45. The Hall–Kier alpha value is -0.570. The lowest BCUT2D eigenvalue weighted by Crippen LogP contribution is -2.48. The maximum absolute atomic E-state index is 11.9. The van der Waals surface area contributed by atoms with E-state index >= 15 is 0 Å². The van der Waals surface area contributed by atoms with Gasteiger partial charge < -0.3 is 10.6 Å². The van der Waals surface area contributed by atoms with Gasteiger partial charge in [0.2, 0.25) is 5.91 Å². The van der Waals surface area contributed by atoms with Crippen molar-refractivity contribution in [1.82, 2.24) is 10.6 Å². The molecule has 1 rings (SSSR count). The molecule has 100 valence electrons. The highest BCUT2D eigenvalue weighted by atomic mass is 16.2. The summed E-state index contributed by atoms with van der Waals surface area (Å²) < 4.78 is 0. The van der Waals surface area contributed by atoms with Gasteiger partial charge in [-0.1, -0.05) is 26.7 Å². The van der Waals surface area contributed by atoms with E-state index in [-0.39, 0.29) is 11.9 Å². The van der Waals surface area contributed by atoms with E-state index in [1.54, 1.807) is 0 Å². The molecule has 0 heterocycles. The molecule has 1 amide bonds. The van der Waals surface area contributed by atoms with Gasteiger partial charge in [0.05, 0.1) is 6.04 Å². The fourth-order valence-electron chi connectivity index (χ4n) is 2.67. The number of hydrogen-bond acceptors (Lipinski definition) is 2. The van der Waals surface area contributed by atoms with Crippen molar-refractivity contribution >= 4 is 5.91 Å². The molecule has 3 heteroatoms. The maximum atomic E-state index is 11.9. The van der Waals surface area contributed by atoms with E-state index in [9.17, 15) is 4.79 Å². The molecule has 2 unspecified atom stereocenters. The van der Waals surface area contributed by atoms with Crippen LogP contribution in [0.5, 0.6) is 0 Å². The van der Waals surface area contributed by atoms with Crippen LogP contribution in [0.25, 0.3) is 0 Å². The minimum Gasteiger partial charge on any atom is -0.352 e. The zero-order chi connectivity index (χ0) is 12.8. The molecule has 1 saturated carbocycles. The molecule has 1 aliphatic carbocycles. The minimum absolute atomic E-state index is 0.0793. The first-order valence-corrected chi connectivity index (χ1v) is 7.05. The van der Waals surface area contributed by atoms with Gasteiger partial charge in [-0.2, -0.15) is 0 Å². The van der Waals surface area contributed by atoms with Gasteiger partial charge in [0.15, 0.2) is 0 Å². The van der Waals surface area contributed by atoms with Gasteiger partial charge in [-0.3, -0.25) is 4.79 Å². The van der Waals surface area contributed by atoms with Crippen LogP contribution in [0, 0.1) is 5.92 Å². The van der Waals surface area contributed by atoms with E-state index in [4.69, 9.17) is 0 Å². The zero-order valence-electron chi connectivity index (χ0n) is 11.8. The third kappa shape index (κ3) is 5.53. The Morgan fingerprint density at radius 1 is 1.18 bits per heavy atom. The van der Waals surface area contributed by atoms with Gasteiger partial charge in [-0.15, -0.1) is 0 Å². The lowest BCUT2D eigenvalue weighted by atomic mass is 10.0. The number of carbonyl (C=O) groups is 1. The van der Waals surface area contributed by atoms with Crippen LogP contribution in [0.3, 0.4) is 0 Å². The van der Waals surface area contributed by atoms with Gasteiger partial charge in [0, 0.05) is 12.1 Å². The lowest BCUT2D eigenvalue weighted by molar-refractivity contribution is -0.123. The second-order valence-electron chi connectivity index (χ2n) is 5.91. The highest BCUT2D eigenvalue weighted by Crippen LogP contribution is 2.17. The Morgan fingerprint density at radius 3 is 2.29 bits per heavy atom. The molecule has 2 atom stereocenters. The molecule has 0 aliphatic heterocycles. The fraction of sp³-hybridized carbons (Fsp3) is 0.929. The summed E-state index contributed by atoms with van der Waals surface area (Å²) in [6, 6.07) is 0.746. The van der Waals surface area contributed by atoms with Gasteiger partial charge >= 0.3 is 0 Å². The van der Waals surface area contributed by atoms with Crippen molar-refractivity contribution in [2.24, 2.45) is 5.92 Å². The number of amides is 1. The summed E-state index contributed by atoms with van der Waals surface area (Å²) in [5.41, 5.74) is 0. The number of rotatable bonds is 6. The summed E-state index contributed by atoms with van der Waals surface area (Å²) in [5, 5.41) is 6.51. The predicted molar refractivity (Wildman–Crippen MR) is 71.9 cm³/mol. The van der Waals surface area contributed by atoms with Gasteiger partial charge in [0.25, 0.3) is 0 Å². The van der Waals surface area contributed by atoms with Crippen molar-refractivity contribution in [2.75, 3.05) is 0 Å². The van der Waals surface area contributed by atoms with Crippen LogP contribution in [-0.4, -0.2) is 24.0 Å². The first-order chi connectivity index (χ1) is 7.99. The standard InChI is InChI=1S/C14H28N2O/c1-10(2)9-11(3)15-12(4)14(17)16-13-7-5-6-8-13/h10-13,15H,5-9H2,1-4H3,(H,16,17). The van der Waals surface area contributed by atoms with Crippen LogP contribution in [0.4, 0.5) is 0 Å². The van der Waals surface area contributed by atoms with Crippen molar-refractivity contribution in [3.8, 4) is 0 Å². The molecular formula is C14H28N2O. The van der Waals surface area contributed by atoms with E-state index in [0.717, 1.165) is 19.3 Å². The molecule has 2 N–H and O–H groups in total. The Labute approximate surface area is 106 Å². The SMILES string of the molecule is CC(C)CC(C)NC(C)C(=O)NC1CCCC1. The fourth-order valence-corrected chi connectivity index (χ4v) is 2.67. The average molecular weight is 240 g/mol. The normalized spacial score (nSPS) is 20.5. The molecule has 17 heavy (non-hydrogen) atoms. The smallest absolute Gasteiger partial charge is 0.237 e. The number of carbonyl (C=O) groups excluding carboxylic acids is 1. The lowest BCUT2D eigenvalue weighted by Gasteiger charge is -2.22. The van der Waals surface area contributed by atoms with Crippen LogP contribution in [0.15, 0.2) is 0 Å². The largest absolute Gasteiger partial charge is 0.352 e. The number of hydrogen-bond donors (Lipinski definition) is 2. The Kier molecular flexibility index (Phi) is 5.96. The van der Waals surface area contributed by atoms with E-state index < -0.39 is 0 Å². The van der Waals surface area contributed by atoms with Crippen molar-refractivity contribution in [2.45, 2.75) is 77.9 Å². The molecule has 0 spiro atoms. The quantitative estimate of drug-likeness (QED) is 0.749. The molecule has 0 saturated heterocycles. The summed E-state index contributed by atoms with van der Waals surface area (Å²) in [5.74, 6) is 0.829. The van der Waals surface area contributed by atoms with Crippen molar-refractivity contribution in [3.05, 3.63) is 0 Å². The third-order valence-corrected chi connectivity index (χ3v) is 3.45. The minimum atomic E-state index is -0.0793. The van der Waals surface area contributed by atoms with Gasteiger partial charge in [-0.05, 0) is 39.0 Å². The van der Waals surface area contributed by atoms with E-state index in [1.807, 2.05) is 6.92 Å². The highest BCUT2D eigenvalue weighted by Gasteiger charge is 2.21. The molecule has 0 bridgehead atoms. The summed E-state index contributed by atoms with van der Waals surface area (Å²) in [6.45, 7) is 8.53. The molecule has 1 fully saturated rings. The first kappa shape index (κ1) is 14.5. The Morgan fingerprint density at radius 2 is 1.76 bits per heavy atom. The topological polar surface area (TPSA) is 41.1 Å². The molecular weight excluding hydrogens is 212 g/mol. The predicted octanol–water partition coefficient (Wildman–Crippen LogP) is 2.46. The van der Waals surface area contributed by atoms with Crippen LogP contribution >= 0.6 is 0 Å². The molecule has 0 aromatic carbocycles. The van der Waals surface area contributed by atoms with Crippen LogP contribution < -0.4 is 10.6 Å². The summed E-state index contributed by atoms with van der Waals surface area (Å²) in [7, 11) is 0. The van der Waals surface area contributed by atoms with Crippen molar-refractivity contribution in [1.29, 1.82) is 0 Å². The maximum Gasteiger partial charge on any atom is 0.237 e. The van der Waals surface area contributed by atoms with Crippen LogP contribution in [0.2, 0.25) is 0 Å². The van der Waals surface area contributed by atoms with E-state index in [1.165, 1.54) is 12.8 Å². The summed E-state index contributed by atoms with van der Waals surface area (Å²) in [4.78, 5) is 11.9. The Balaban J connectivity index is 2.25. The summed E-state index contributed by atoms with van der Waals surface area (Å²) >= 11 is 0. The molecule has 0 aromatic heterocycles. The van der Waals surface area contributed by atoms with Crippen LogP contribution in [0.1, 0.15) is 59.8 Å². The van der Waals surface area contributed by atoms with E-state index in [0.29, 0.717) is 18.0 Å². The van der Waals surface area contributed by atoms with Gasteiger partial charge in [0.1, 0.15) is 0 Å². The molecule has 3 nitrogen and oxygen atoms in total. The number of nitrogens with one attached hydrogen (secondary N) is 2. The second kappa shape index (κ2) is 7.00. The molecule has 0 radical (unpaired) electrons.